The molecule has 2 saturated heterocycles. The number of benzene rings is 4. The molecule has 0 amide bonds. The maximum atomic E-state index is 13.9. The van der Waals surface area contributed by atoms with Crippen molar-refractivity contribution < 1.29 is 19.4 Å². The maximum absolute atomic E-state index is 13.9. The highest BCUT2D eigenvalue weighted by Gasteiger charge is 2.40. The summed E-state index contributed by atoms with van der Waals surface area (Å²) in [5.41, 5.74) is 2.88. The molecule has 6 rings (SSSR count). The third-order valence-corrected chi connectivity index (χ3v) is 9.48. The number of fused-ring (bicyclic) bond motifs is 2. The molecule has 0 spiro atoms. The summed E-state index contributed by atoms with van der Waals surface area (Å²) in [5, 5.41) is 22.4. The number of hydrogen-bond acceptors (Lipinski definition) is 6. The minimum Gasteiger partial charge on any atom is -0.459 e. The van der Waals surface area contributed by atoms with Crippen molar-refractivity contribution in [3.05, 3.63) is 83.9 Å². The molecule has 1 unspecified atom stereocenters. The third kappa shape index (κ3) is 7.16. The summed E-state index contributed by atoms with van der Waals surface area (Å²) in [7, 11) is 0. The molecular weight excluding hydrogens is 572 g/mol. The van der Waals surface area contributed by atoms with E-state index in [1.807, 2.05) is 48.5 Å². The van der Waals surface area contributed by atoms with E-state index in [1.165, 1.54) is 0 Å². The van der Waals surface area contributed by atoms with Gasteiger partial charge in [0.15, 0.2) is 6.29 Å². The molecule has 244 valence electrons. The zero-order valence-corrected chi connectivity index (χ0v) is 28.7. The topological polar surface area (TPSA) is 79.8 Å². The number of hydrogen-bond donors (Lipinski definition) is 3. The van der Waals surface area contributed by atoms with E-state index >= 15 is 0 Å². The molecule has 2 fully saturated rings. The Morgan fingerprint density at radius 2 is 1.26 bits per heavy atom. The number of ether oxygens (including phenoxy) is 2. The quantitative estimate of drug-likeness (QED) is 0.148. The summed E-state index contributed by atoms with van der Waals surface area (Å²) in [4.78, 5) is 13.9. The molecule has 6 nitrogen and oxygen atoms in total. The Kier molecular flexibility index (Phi) is 8.34. The number of esters is 1. The molecule has 2 heterocycles. The zero-order valence-electron chi connectivity index (χ0n) is 28.7. The van der Waals surface area contributed by atoms with Crippen LogP contribution in [0, 0.1) is 0 Å². The van der Waals surface area contributed by atoms with Gasteiger partial charge in [-0.15, -0.1) is 0 Å². The SMILES string of the molecule is CC1(C)CC(OC(=O)c2cc(-c3cccc4cc(C(O)OC5CC(C)(C)NC(C)(C)C5)ccc34)cc3ccccc23)CC(C)(C)N1. The smallest absolute Gasteiger partial charge is 0.339 e. The van der Waals surface area contributed by atoms with Crippen LogP contribution >= 0.6 is 0 Å². The summed E-state index contributed by atoms with van der Waals surface area (Å²) >= 11 is 0. The lowest BCUT2D eigenvalue weighted by atomic mass is 9.81. The number of aliphatic hydroxyl groups excluding tert-OH is 1. The molecule has 0 aliphatic carbocycles. The van der Waals surface area contributed by atoms with Crippen molar-refractivity contribution in [1.29, 1.82) is 0 Å². The number of piperidine rings is 2. The van der Waals surface area contributed by atoms with Gasteiger partial charge in [0.2, 0.25) is 0 Å². The largest absolute Gasteiger partial charge is 0.459 e. The van der Waals surface area contributed by atoms with Gasteiger partial charge in [0, 0.05) is 40.6 Å². The summed E-state index contributed by atoms with van der Waals surface area (Å²) < 4.78 is 12.5. The van der Waals surface area contributed by atoms with Crippen LogP contribution in [0.4, 0.5) is 0 Å². The zero-order chi connectivity index (χ0) is 33.1. The Morgan fingerprint density at radius 3 is 1.91 bits per heavy atom. The highest BCUT2D eigenvalue weighted by atomic mass is 16.6. The Morgan fingerprint density at radius 1 is 0.696 bits per heavy atom. The van der Waals surface area contributed by atoms with Gasteiger partial charge in [-0.2, -0.15) is 0 Å². The van der Waals surface area contributed by atoms with Crippen LogP contribution in [0.3, 0.4) is 0 Å². The second kappa shape index (κ2) is 11.7. The van der Waals surface area contributed by atoms with E-state index < -0.39 is 6.29 Å². The van der Waals surface area contributed by atoms with Crippen LogP contribution < -0.4 is 10.6 Å². The van der Waals surface area contributed by atoms with Crippen molar-refractivity contribution in [2.24, 2.45) is 0 Å². The van der Waals surface area contributed by atoms with Crippen LogP contribution in [0.25, 0.3) is 32.7 Å². The van der Waals surface area contributed by atoms with Crippen molar-refractivity contribution in [2.75, 3.05) is 0 Å². The molecule has 4 aromatic rings. The standard InChI is InChI=1S/C40H50N2O4/c1-37(2)21-29(22-38(3,4)41-37)45-35(43)27-16-17-33-26(18-27)13-11-15-32(33)28-19-25-12-9-10-14-31(25)34(20-28)36(44)46-30-23-39(5,6)42-40(7,8)24-30/h9-20,29-30,35,41-43H,21-24H2,1-8H3. The number of carbonyl (C=O) groups is 1. The Balaban J connectivity index is 1.30. The van der Waals surface area contributed by atoms with E-state index in [0.717, 1.165) is 63.9 Å². The highest BCUT2D eigenvalue weighted by Crippen LogP contribution is 2.37. The first kappa shape index (κ1) is 32.6. The average Bonchev–Trinajstić information content (AvgIpc) is 2.92. The molecule has 3 N–H and O–H groups in total. The molecular formula is C40H50N2O4. The highest BCUT2D eigenvalue weighted by molar-refractivity contribution is 6.08. The lowest BCUT2D eigenvalue weighted by Gasteiger charge is -2.46. The molecule has 0 aromatic heterocycles. The fourth-order valence-electron chi connectivity index (χ4n) is 8.46. The van der Waals surface area contributed by atoms with Crippen molar-refractivity contribution in [1.82, 2.24) is 10.6 Å². The first-order chi connectivity index (χ1) is 21.5. The van der Waals surface area contributed by atoms with Crippen molar-refractivity contribution in [2.45, 2.75) is 122 Å². The van der Waals surface area contributed by atoms with Gasteiger partial charge >= 0.3 is 5.97 Å². The molecule has 2 aliphatic rings. The van der Waals surface area contributed by atoms with E-state index in [1.54, 1.807) is 0 Å². The number of nitrogens with one attached hydrogen (secondary N) is 2. The normalized spacial score (nSPS) is 21.7. The third-order valence-electron chi connectivity index (χ3n) is 9.48. The maximum Gasteiger partial charge on any atom is 0.339 e. The van der Waals surface area contributed by atoms with E-state index in [2.05, 4.69) is 90.3 Å². The van der Waals surface area contributed by atoms with E-state index in [4.69, 9.17) is 9.47 Å². The predicted molar refractivity (Wildman–Crippen MR) is 187 cm³/mol. The average molecular weight is 623 g/mol. The van der Waals surface area contributed by atoms with Gasteiger partial charge in [0.25, 0.3) is 0 Å². The molecule has 0 radical (unpaired) electrons. The first-order valence-corrected chi connectivity index (χ1v) is 16.7. The molecule has 1 atom stereocenters. The lowest BCUT2D eigenvalue weighted by molar-refractivity contribution is -0.161. The van der Waals surface area contributed by atoms with Gasteiger partial charge in [-0.05, 0) is 119 Å². The van der Waals surface area contributed by atoms with Crippen LogP contribution in [0.2, 0.25) is 0 Å². The Hall–Kier alpha value is -3.29. The monoisotopic (exact) mass is 622 g/mol. The summed E-state index contributed by atoms with van der Waals surface area (Å²) in [6, 6.07) is 24.3. The lowest BCUT2D eigenvalue weighted by Crippen LogP contribution is -2.59. The van der Waals surface area contributed by atoms with E-state index in [0.29, 0.717) is 5.56 Å². The number of aliphatic hydroxyl groups is 1. The van der Waals surface area contributed by atoms with Gasteiger partial charge in [-0.25, -0.2) is 4.79 Å². The van der Waals surface area contributed by atoms with E-state index in [-0.39, 0.29) is 40.3 Å². The van der Waals surface area contributed by atoms with Gasteiger partial charge in [-0.3, -0.25) is 0 Å². The van der Waals surface area contributed by atoms with Crippen LogP contribution in [0.1, 0.15) is 103 Å². The summed E-state index contributed by atoms with van der Waals surface area (Å²) in [5.74, 6) is -0.288. The van der Waals surface area contributed by atoms with Crippen LogP contribution in [0.15, 0.2) is 72.8 Å². The van der Waals surface area contributed by atoms with Crippen LogP contribution in [-0.2, 0) is 9.47 Å². The summed E-state index contributed by atoms with van der Waals surface area (Å²) in [6.45, 7) is 17.4. The molecule has 46 heavy (non-hydrogen) atoms. The van der Waals surface area contributed by atoms with Gasteiger partial charge in [-0.1, -0.05) is 54.6 Å². The Labute approximate surface area is 273 Å². The predicted octanol–water partition coefficient (Wildman–Crippen LogP) is 8.44. The molecule has 0 bridgehead atoms. The second-order valence-electron chi connectivity index (χ2n) is 16.3. The fourth-order valence-corrected chi connectivity index (χ4v) is 8.46. The molecule has 2 aliphatic heterocycles. The van der Waals surface area contributed by atoms with Gasteiger partial charge in [0.1, 0.15) is 6.10 Å². The molecule has 0 saturated carbocycles. The molecule has 4 aromatic carbocycles. The fraction of sp³-hybridized carbons (Fsp3) is 0.475. The molecule has 6 heteroatoms. The van der Waals surface area contributed by atoms with E-state index in [9.17, 15) is 9.90 Å². The minimum atomic E-state index is -1.02. The van der Waals surface area contributed by atoms with Crippen molar-refractivity contribution in [3.63, 3.8) is 0 Å². The van der Waals surface area contributed by atoms with Crippen molar-refractivity contribution >= 4 is 27.5 Å². The van der Waals surface area contributed by atoms with Crippen molar-refractivity contribution in [3.8, 4) is 11.1 Å². The van der Waals surface area contributed by atoms with Crippen LogP contribution in [0.5, 0.6) is 0 Å². The second-order valence-corrected chi connectivity index (χ2v) is 16.3. The number of carbonyl (C=O) groups excluding carboxylic acids is 1. The first-order valence-electron chi connectivity index (χ1n) is 16.7. The van der Waals surface area contributed by atoms with Crippen LogP contribution in [-0.4, -0.2) is 45.4 Å². The minimum absolute atomic E-state index is 0.0546. The number of rotatable bonds is 6. The van der Waals surface area contributed by atoms with Gasteiger partial charge < -0.3 is 25.2 Å². The summed E-state index contributed by atoms with van der Waals surface area (Å²) in [6.07, 6.45) is 1.92. The Bertz CT molecular complexity index is 1740. The van der Waals surface area contributed by atoms with Gasteiger partial charge in [0.05, 0.1) is 11.7 Å².